The van der Waals surface area contributed by atoms with E-state index in [0.717, 1.165) is 61.7 Å². The van der Waals surface area contributed by atoms with Gasteiger partial charge in [0.1, 0.15) is 6.54 Å². The lowest BCUT2D eigenvalue weighted by atomic mass is 9.95. The topological polar surface area (TPSA) is 56.1 Å². The van der Waals surface area contributed by atoms with E-state index in [2.05, 4.69) is 11.1 Å². The molecule has 1 aromatic carbocycles. The van der Waals surface area contributed by atoms with E-state index in [1.807, 2.05) is 48.5 Å². The number of methoxy groups -OCH3 is 2. The molecule has 2 heterocycles. The summed E-state index contributed by atoms with van der Waals surface area (Å²) in [5.74, 6) is 1.85. The molecule has 156 valence electrons. The average molecular weight is 399 g/mol. The number of nitrogens with one attached hydrogen (secondary N) is 1. The highest BCUT2D eigenvalue weighted by molar-refractivity contribution is 5.78. The van der Waals surface area contributed by atoms with Crippen molar-refractivity contribution in [3.8, 4) is 11.5 Å². The molecule has 0 aliphatic carbocycles. The molecule has 1 aliphatic rings. The van der Waals surface area contributed by atoms with Crippen LogP contribution in [0.5, 0.6) is 11.5 Å². The third-order valence-electron chi connectivity index (χ3n) is 5.76. The summed E-state index contributed by atoms with van der Waals surface area (Å²) in [6.45, 7) is 3.69. The summed E-state index contributed by atoms with van der Waals surface area (Å²) in [4.78, 5) is 20.7. The van der Waals surface area contributed by atoms with Gasteiger partial charge in [0.15, 0.2) is 11.5 Å². The number of aromatic nitrogens is 1. The number of likely N-dealkylation sites (N-methyl/N-ethyl adjacent to an activating group) is 1. The molecule has 6 heteroatoms. The van der Waals surface area contributed by atoms with Crippen molar-refractivity contribution in [1.82, 2.24) is 9.88 Å². The van der Waals surface area contributed by atoms with Crippen molar-refractivity contribution in [3.05, 3.63) is 53.9 Å². The van der Waals surface area contributed by atoms with Crippen LogP contribution in [0.3, 0.4) is 0 Å². The first-order chi connectivity index (χ1) is 14.1. The van der Waals surface area contributed by atoms with E-state index in [1.54, 1.807) is 14.2 Å². The van der Waals surface area contributed by atoms with Crippen LogP contribution in [-0.2, 0) is 17.8 Å². The Labute approximate surface area is 173 Å². The number of hydrogen-bond acceptors (Lipinski definition) is 4. The van der Waals surface area contributed by atoms with E-state index in [9.17, 15) is 4.79 Å². The number of likely N-dealkylation sites (tertiary alicyclic amines) is 1. The fourth-order valence-electron chi connectivity index (χ4n) is 3.96. The molecule has 0 unspecified atom stereocenters. The van der Waals surface area contributed by atoms with E-state index in [0.29, 0.717) is 6.54 Å². The summed E-state index contributed by atoms with van der Waals surface area (Å²) >= 11 is 0. The zero-order valence-electron chi connectivity index (χ0n) is 17.7. The number of nitrogens with zero attached hydrogens (tertiary/aromatic N) is 2. The number of piperidine rings is 1. The van der Waals surface area contributed by atoms with Crippen LogP contribution in [0.25, 0.3) is 0 Å². The monoisotopic (exact) mass is 398 g/mol. The highest BCUT2D eigenvalue weighted by Gasteiger charge is 2.29. The predicted octanol–water partition coefficient (Wildman–Crippen LogP) is 1.59. The number of rotatable bonds is 8. The molecule has 0 spiro atoms. The van der Waals surface area contributed by atoms with Crippen LogP contribution < -0.4 is 14.4 Å². The van der Waals surface area contributed by atoms with E-state index in [-0.39, 0.29) is 11.8 Å². The van der Waals surface area contributed by atoms with Crippen LogP contribution in [0.4, 0.5) is 0 Å². The van der Waals surface area contributed by atoms with Crippen LogP contribution in [0.15, 0.2) is 42.6 Å². The molecule has 1 aromatic heterocycles. The van der Waals surface area contributed by atoms with Gasteiger partial charge in [-0.15, -0.1) is 0 Å². The molecule has 6 nitrogen and oxygen atoms in total. The molecule has 0 radical (unpaired) electrons. The smallest absolute Gasteiger partial charge is 0.225 e. The van der Waals surface area contributed by atoms with E-state index in [4.69, 9.17) is 9.47 Å². The lowest BCUT2D eigenvalue weighted by Crippen LogP contribution is -3.11. The molecule has 1 aliphatic heterocycles. The number of pyridine rings is 1. The maximum atomic E-state index is 12.9. The van der Waals surface area contributed by atoms with Gasteiger partial charge in [-0.3, -0.25) is 9.78 Å². The van der Waals surface area contributed by atoms with Gasteiger partial charge in [-0.05, 0) is 36.2 Å². The second-order valence-corrected chi connectivity index (χ2v) is 7.72. The minimum atomic E-state index is 0.137. The van der Waals surface area contributed by atoms with Crippen molar-refractivity contribution in [2.24, 2.45) is 5.92 Å². The van der Waals surface area contributed by atoms with Crippen LogP contribution in [0.2, 0.25) is 0 Å². The Bertz CT molecular complexity index is 789. The molecular formula is C23H32N3O3+. The zero-order chi connectivity index (χ0) is 20.6. The summed E-state index contributed by atoms with van der Waals surface area (Å²) < 4.78 is 10.7. The van der Waals surface area contributed by atoms with Crippen molar-refractivity contribution in [1.29, 1.82) is 0 Å². The van der Waals surface area contributed by atoms with E-state index < -0.39 is 0 Å². The fourth-order valence-corrected chi connectivity index (χ4v) is 3.96. The third kappa shape index (κ3) is 5.70. The van der Waals surface area contributed by atoms with Crippen molar-refractivity contribution in [2.75, 3.05) is 40.9 Å². The van der Waals surface area contributed by atoms with Gasteiger partial charge in [-0.25, -0.2) is 0 Å². The fraction of sp³-hybridized carbons (Fsp3) is 0.478. The summed E-state index contributed by atoms with van der Waals surface area (Å²) in [5.41, 5.74) is 2.26. The molecule has 0 atom stereocenters. The normalized spacial score (nSPS) is 18.9. The Balaban J connectivity index is 1.46. The predicted molar refractivity (Wildman–Crippen MR) is 112 cm³/mol. The maximum absolute atomic E-state index is 12.9. The Morgan fingerprint density at radius 1 is 1.14 bits per heavy atom. The standard InChI is InChI=1S/C23H31N3O3/c1-25(13-9-18-7-8-21(28-2)22(16-18)29-3)23(27)19-10-14-26(15-11-19)17-20-6-4-5-12-24-20/h4-8,12,16,19H,9-11,13-15,17H2,1-3H3/p+1. The van der Waals surface area contributed by atoms with Crippen molar-refractivity contribution >= 4 is 5.91 Å². The number of quaternary nitrogens is 1. The average Bonchev–Trinajstić information content (AvgIpc) is 2.78. The zero-order valence-corrected chi connectivity index (χ0v) is 17.7. The Morgan fingerprint density at radius 2 is 1.90 bits per heavy atom. The highest BCUT2D eigenvalue weighted by atomic mass is 16.5. The van der Waals surface area contributed by atoms with Gasteiger partial charge in [0.25, 0.3) is 0 Å². The minimum Gasteiger partial charge on any atom is -0.493 e. The summed E-state index contributed by atoms with van der Waals surface area (Å²) in [6.07, 6.45) is 4.54. The third-order valence-corrected chi connectivity index (χ3v) is 5.76. The SMILES string of the molecule is COc1ccc(CCN(C)C(=O)C2CC[NH+](Cc3ccccn3)CC2)cc1OC. The molecule has 29 heavy (non-hydrogen) atoms. The molecule has 1 amide bonds. The van der Waals surface area contributed by atoms with Crippen molar-refractivity contribution in [2.45, 2.75) is 25.8 Å². The Hall–Kier alpha value is -2.60. The molecule has 0 bridgehead atoms. The van der Waals surface area contributed by atoms with Gasteiger partial charge >= 0.3 is 0 Å². The number of benzene rings is 1. The molecule has 0 saturated carbocycles. The maximum Gasteiger partial charge on any atom is 0.225 e. The first kappa shape index (κ1) is 21.1. The molecule has 3 rings (SSSR count). The first-order valence-electron chi connectivity index (χ1n) is 10.3. The van der Waals surface area contributed by atoms with Gasteiger partial charge in [-0.1, -0.05) is 12.1 Å². The summed E-state index contributed by atoms with van der Waals surface area (Å²) in [7, 11) is 5.18. The highest BCUT2D eigenvalue weighted by Crippen LogP contribution is 2.27. The van der Waals surface area contributed by atoms with Gasteiger partial charge in [0, 0.05) is 38.5 Å². The Morgan fingerprint density at radius 3 is 2.55 bits per heavy atom. The first-order valence-corrected chi connectivity index (χ1v) is 10.3. The van der Waals surface area contributed by atoms with E-state index in [1.165, 1.54) is 4.90 Å². The number of hydrogen-bond donors (Lipinski definition) is 1. The number of carbonyl (C=O) groups excluding carboxylic acids is 1. The van der Waals surface area contributed by atoms with Crippen LogP contribution >= 0.6 is 0 Å². The lowest BCUT2D eigenvalue weighted by molar-refractivity contribution is -0.919. The molecule has 1 saturated heterocycles. The lowest BCUT2D eigenvalue weighted by Gasteiger charge is -2.31. The molecule has 1 N–H and O–H groups in total. The Kier molecular flexibility index (Phi) is 7.47. The molecule has 1 fully saturated rings. The van der Waals surface area contributed by atoms with Crippen LogP contribution in [0, 0.1) is 5.92 Å². The molecular weight excluding hydrogens is 366 g/mol. The number of amides is 1. The summed E-state index contributed by atoms with van der Waals surface area (Å²) in [5, 5.41) is 0. The van der Waals surface area contributed by atoms with Gasteiger partial charge in [-0.2, -0.15) is 0 Å². The second kappa shape index (κ2) is 10.3. The van der Waals surface area contributed by atoms with Crippen LogP contribution in [0.1, 0.15) is 24.1 Å². The van der Waals surface area contributed by atoms with Crippen LogP contribution in [-0.4, -0.2) is 56.7 Å². The number of ether oxygens (including phenoxy) is 2. The van der Waals surface area contributed by atoms with Gasteiger partial charge < -0.3 is 19.3 Å². The summed E-state index contributed by atoms with van der Waals surface area (Å²) in [6, 6.07) is 12.0. The van der Waals surface area contributed by atoms with Gasteiger partial charge in [0.05, 0.1) is 33.0 Å². The van der Waals surface area contributed by atoms with E-state index >= 15 is 0 Å². The largest absolute Gasteiger partial charge is 0.493 e. The second-order valence-electron chi connectivity index (χ2n) is 7.72. The molecule has 2 aromatic rings. The number of carbonyl (C=O) groups is 1. The van der Waals surface area contributed by atoms with Crippen molar-refractivity contribution < 1.29 is 19.2 Å². The minimum absolute atomic E-state index is 0.137. The van der Waals surface area contributed by atoms with Crippen molar-refractivity contribution in [3.63, 3.8) is 0 Å². The van der Waals surface area contributed by atoms with Gasteiger partial charge in [0.2, 0.25) is 5.91 Å². The quantitative estimate of drug-likeness (QED) is 0.734.